The van der Waals surface area contributed by atoms with Crippen LogP contribution >= 0.6 is 15.9 Å². The second-order valence-electron chi connectivity index (χ2n) is 12.2. The van der Waals surface area contributed by atoms with Crippen LogP contribution in [-0.4, -0.2) is 54.6 Å². The molecule has 0 spiro atoms. The van der Waals surface area contributed by atoms with Gasteiger partial charge in [-0.25, -0.2) is 0 Å². The number of rotatable bonds is 5. The fourth-order valence-electron chi connectivity index (χ4n) is 5.34. The van der Waals surface area contributed by atoms with E-state index >= 15 is 0 Å². The number of halogens is 1. The van der Waals surface area contributed by atoms with Gasteiger partial charge in [-0.05, 0) is 68.5 Å². The summed E-state index contributed by atoms with van der Waals surface area (Å²) in [4.78, 5) is 27.6. The molecular weight excluding hydrogens is 584 g/mol. The van der Waals surface area contributed by atoms with Gasteiger partial charge in [0, 0.05) is 55.3 Å². The van der Waals surface area contributed by atoms with Crippen LogP contribution in [0.1, 0.15) is 41.5 Å². The first kappa shape index (κ1) is 28.7. The van der Waals surface area contributed by atoms with Gasteiger partial charge in [-0.2, -0.15) is 10.1 Å². The van der Waals surface area contributed by atoms with Crippen molar-refractivity contribution in [3.05, 3.63) is 58.0 Å². The van der Waals surface area contributed by atoms with Gasteiger partial charge in [0.1, 0.15) is 6.73 Å². The number of anilines is 2. The summed E-state index contributed by atoms with van der Waals surface area (Å²) in [5.74, 6) is 0.701. The number of ether oxygens (including phenoxy) is 1. The topological polar surface area (TPSA) is 75.9 Å². The van der Waals surface area contributed by atoms with Gasteiger partial charge < -0.3 is 9.64 Å². The number of benzene rings is 1. The third-order valence-corrected chi connectivity index (χ3v) is 9.76. The fraction of sp³-hybridized carbons (Fsp3) is 0.467. The Kier molecular flexibility index (Phi) is 8.31. The summed E-state index contributed by atoms with van der Waals surface area (Å²) in [7, 11) is 0.741. The smallest absolute Gasteiger partial charge is 0.280 e. The molecule has 0 N–H and O–H groups in total. The van der Waals surface area contributed by atoms with Crippen molar-refractivity contribution < 1.29 is 9.53 Å². The van der Waals surface area contributed by atoms with E-state index < -0.39 is 8.07 Å². The molecule has 1 aromatic carbocycles. The highest BCUT2D eigenvalue weighted by Crippen LogP contribution is 2.40. The molecular formula is C30H39BrN6O2Si. The second kappa shape index (κ2) is 11.6. The van der Waals surface area contributed by atoms with E-state index in [-0.39, 0.29) is 5.91 Å². The Morgan fingerprint density at radius 1 is 1.15 bits per heavy atom. The summed E-state index contributed by atoms with van der Waals surface area (Å²) >= 11 is 3.66. The number of carbonyl (C=O) groups excluding carboxylic acids is 1. The number of hydrogen-bond donors (Lipinski definition) is 0. The second-order valence-corrected chi connectivity index (χ2v) is 18.8. The highest BCUT2D eigenvalue weighted by Gasteiger charge is 2.35. The molecule has 0 unspecified atom stereocenters. The normalized spacial score (nSPS) is 19.0. The molecule has 3 aromatic rings. The first-order chi connectivity index (χ1) is 19.0. The molecule has 0 radical (unpaired) electrons. The molecule has 40 heavy (non-hydrogen) atoms. The maximum absolute atomic E-state index is 13.8. The van der Waals surface area contributed by atoms with Crippen LogP contribution in [0.25, 0.3) is 11.3 Å². The van der Waals surface area contributed by atoms with Gasteiger partial charge in [0.2, 0.25) is 5.96 Å². The minimum absolute atomic E-state index is 0.291. The number of aryl methyl sites for hydroxylation is 2. The number of aliphatic imine (C=N–C) groups is 1. The Bertz CT molecular complexity index is 1450. The number of aromatic nitrogens is 3. The van der Waals surface area contributed by atoms with E-state index in [2.05, 4.69) is 69.5 Å². The standard InChI is InChI=1S/C30H39BrN6O2Si/c1-20-8-7-9-26-24(17-32-35(26)3)25-15-22(14-21(2)33-25)29(38)34-30-36(18-20)28-16-23(31)10-11-27(28)37(30)19-39-12-13-40(4,5)6/h10-11,14-17,20H,7-9,12-13,18-19H2,1-6H3/b34-30-/t20-/m1/s1. The van der Waals surface area contributed by atoms with E-state index in [1.807, 2.05) is 43.0 Å². The van der Waals surface area contributed by atoms with Crippen LogP contribution in [0, 0.1) is 12.8 Å². The van der Waals surface area contributed by atoms with Crippen LogP contribution in [0.2, 0.25) is 25.7 Å². The van der Waals surface area contributed by atoms with E-state index in [0.29, 0.717) is 30.8 Å². The van der Waals surface area contributed by atoms with Crippen LogP contribution < -0.4 is 9.80 Å². The maximum Gasteiger partial charge on any atom is 0.280 e. The van der Waals surface area contributed by atoms with Crippen molar-refractivity contribution in [2.45, 2.75) is 58.8 Å². The zero-order chi connectivity index (χ0) is 28.6. The largest absolute Gasteiger partial charge is 0.361 e. The molecule has 5 rings (SSSR count). The minimum Gasteiger partial charge on any atom is -0.361 e. The van der Waals surface area contributed by atoms with Crippen molar-refractivity contribution in [2.24, 2.45) is 18.0 Å². The van der Waals surface area contributed by atoms with Gasteiger partial charge in [0.05, 0.1) is 23.3 Å². The maximum atomic E-state index is 13.8. The van der Waals surface area contributed by atoms with Crippen molar-refractivity contribution in [3.8, 4) is 11.3 Å². The van der Waals surface area contributed by atoms with Crippen LogP contribution in [0.3, 0.4) is 0 Å². The Hall–Kier alpha value is -2.82. The molecule has 2 aromatic heterocycles. The number of nitrogens with zero attached hydrogens (tertiary/aromatic N) is 6. The first-order valence-corrected chi connectivity index (χ1v) is 18.6. The lowest BCUT2D eigenvalue weighted by atomic mass is 9.99. The van der Waals surface area contributed by atoms with Gasteiger partial charge in [0.25, 0.3) is 5.91 Å². The molecule has 1 amide bonds. The van der Waals surface area contributed by atoms with E-state index in [4.69, 9.17) is 14.7 Å². The molecule has 0 saturated heterocycles. The molecule has 4 heterocycles. The van der Waals surface area contributed by atoms with Gasteiger partial charge in [-0.3, -0.25) is 19.4 Å². The van der Waals surface area contributed by atoms with Crippen molar-refractivity contribution in [1.29, 1.82) is 0 Å². The summed E-state index contributed by atoms with van der Waals surface area (Å²) in [6, 6.07) is 11.0. The van der Waals surface area contributed by atoms with E-state index in [9.17, 15) is 4.79 Å². The highest BCUT2D eigenvalue weighted by atomic mass is 79.9. The molecule has 0 aliphatic carbocycles. The average Bonchev–Trinajstić information content (AvgIpc) is 3.37. The number of guanidine groups is 1. The van der Waals surface area contributed by atoms with Gasteiger partial charge in [0.15, 0.2) is 0 Å². The summed E-state index contributed by atoms with van der Waals surface area (Å²) in [5.41, 5.74) is 6.22. The number of hydrogen-bond acceptors (Lipinski definition) is 6. The van der Waals surface area contributed by atoms with Crippen LogP contribution in [0.5, 0.6) is 0 Å². The minimum atomic E-state index is -1.23. The summed E-state index contributed by atoms with van der Waals surface area (Å²) in [6.45, 7) is 13.0. The Morgan fingerprint density at radius 2 is 1.95 bits per heavy atom. The molecule has 8 nitrogen and oxygen atoms in total. The SMILES string of the molecule is Cc1cc2cc(n1)-c1cnn(C)c1CCC[C@@H](C)CN1/C(=N/C2=O)N(COCC[Si](C)(C)C)c2ccc(Br)cc21. The lowest BCUT2D eigenvalue weighted by Crippen LogP contribution is -2.42. The van der Waals surface area contributed by atoms with Gasteiger partial charge in [-0.15, -0.1) is 0 Å². The van der Waals surface area contributed by atoms with Gasteiger partial charge >= 0.3 is 0 Å². The third kappa shape index (κ3) is 6.24. The summed E-state index contributed by atoms with van der Waals surface area (Å²) < 4.78 is 9.14. The zero-order valence-corrected chi connectivity index (χ0v) is 27.0. The Morgan fingerprint density at radius 3 is 2.73 bits per heavy atom. The van der Waals surface area contributed by atoms with Gasteiger partial charge in [-0.1, -0.05) is 42.5 Å². The molecule has 10 heteroatoms. The number of fused-ring (bicyclic) bond motifs is 7. The van der Waals surface area contributed by atoms with Crippen molar-refractivity contribution in [1.82, 2.24) is 14.8 Å². The Labute approximate surface area is 246 Å². The quantitative estimate of drug-likeness (QED) is 0.234. The molecule has 2 bridgehead atoms. The molecule has 2 aliphatic heterocycles. The van der Waals surface area contributed by atoms with E-state index in [0.717, 1.165) is 70.3 Å². The Balaban J connectivity index is 1.58. The number of amides is 1. The highest BCUT2D eigenvalue weighted by molar-refractivity contribution is 9.10. The van der Waals surface area contributed by atoms with Crippen molar-refractivity contribution in [3.63, 3.8) is 0 Å². The fourth-order valence-corrected chi connectivity index (χ4v) is 6.45. The average molecular weight is 624 g/mol. The number of pyridine rings is 1. The van der Waals surface area contributed by atoms with E-state index in [1.54, 1.807) is 0 Å². The summed E-state index contributed by atoms with van der Waals surface area (Å²) in [6.07, 6.45) is 4.82. The van der Waals surface area contributed by atoms with Crippen LogP contribution in [-0.2, 0) is 18.2 Å². The van der Waals surface area contributed by atoms with Crippen LogP contribution in [0.4, 0.5) is 11.4 Å². The molecule has 0 fully saturated rings. The predicted octanol–water partition coefficient (Wildman–Crippen LogP) is 6.66. The van der Waals surface area contributed by atoms with Crippen molar-refractivity contribution >= 4 is 47.2 Å². The lowest BCUT2D eigenvalue weighted by Gasteiger charge is -2.26. The van der Waals surface area contributed by atoms with Crippen LogP contribution in [0.15, 0.2) is 46.0 Å². The molecule has 0 saturated carbocycles. The molecule has 2 aliphatic rings. The monoisotopic (exact) mass is 622 g/mol. The number of carbonyl (C=O) groups is 1. The predicted molar refractivity (Wildman–Crippen MR) is 168 cm³/mol. The third-order valence-electron chi connectivity index (χ3n) is 7.56. The zero-order valence-electron chi connectivity index (χ0n) is 24.4. The van der Waals surface area contributed by atoms with E-state index in [1.165, 1.54) is 0 Å². The van der Waals surface area contributed by atoms with Crippen molar-refractivity contribution in [2.75, 3.05) is 29.7 Å². The lowest BCUT2D eigenvalue weighted by molar-refractivity contribution is 0.100. The first-order valence-electron chi connectivity index (χ1n) is 14.1. The summed E-state index contributed by atoms with van der Waals surface area (Å²) in [5, 5.41) is 4.52. The molecule has 212 valence electrons. The molecule has 1 atom stereocenters.